The highest BCUT2D eigenvalue weighted by Gasteiger charge is 2.21. The lowest BCUT2D eigenvalue weighted by Gasteiger charge is -2.18. The second-order valence-electron chi connectivity index (χ2n) is 3.98. The zero-order valence-electron chi connectivity index (χ0n) is 11.4. The topological polar surface area (TPSA) is 102 Å². The summed E-state index contributed by atoms with van der Waals surface area (Å²) in [5.74, 6) is -0.903. The van der Waals surface area contributed by atoms with Crippen molar-refractivity contribution < 1.29 is 19.2 Å². The molecular formula is C12H15N3O5. The Morgan fingerprint density at radius 3 is 2.60 bits per heavy atom. The quantitative estimate of drug-likeness (QED) is 0.481. The molecule has 0 aromatic heterocycles. The van der Waals surface area contributed by atoms with Crippen LogP contribution in [0.3, 0.4) is 0 Å². The van der Waals surface area contributed by atoms with Gasteiger partial charge in [-0.25, -0.2) is 4.79 Å². The first kappa shape index (κ1) is 15.4. The molecule has 1 N–H and O–H groups in total. The van der Waals surface area contributed by atoms with Gasteiger partial charge in [-0.1, -0.05) is 0 Å². The molecule has 108 valence electrons. The number of carbonyl (C=O) groups is 2. The lowest BCUT2D eigenvalue weighted by molar-refractivity contribution is -0.384. The molecule has 0 spiro atoms. The largest absolute Gasteiger partial charge is 0.465 e. The van der Waals surface area contributed by atoms with Gasteiger partial charge in [0.05, 0.1) is 24.1 Å². The zero-order chi connectivity index (χ0) is 15.3. The summed E-state index contributed by atoms with van der Waals surface area (Å²) in [4.78, 5) is 34.6. The number of amides is 1. The molecule has 20 heavy (non-hydrogen) atoms. The first-order valence-corrected chi connectivity index (χ1v) is 5.69. The Morgan fingerprint density at radius 2 is 2.10 bits per heavy atom. The zero-order valence-corrected chi connectivity index (χ0v) is 11.4. The van der Waals surface area contributed by atoms with E-state index in [2.05, 4.69) is 10.1 Å². The Balaban J connectivity index is 3.21. The third-order valence-corrected chi connectivity index (χ3v) is 2.66. The Morgan fingerprint density at radius 1 is 1.45 bits per heavy atom. The van der Waals surface area contributed by atoms with Crippen LogP contribution >= 0.6 is 0 Å². The number of esters is 1. The summed E-state index contributed by atoms with van der Waals surface area (Å²) in [5.41, 5.74) is 0.155. The number of anilines is 1. The average molecular weight is 281 g/mol. The molecule has 0 bridgehead atoms. The van der Waals surface area contributed by atoms with Crippen LogP contribution in [0.25, 0.3) is 0 Å². The fourth-order valence-corrected chi connectivity index (χ4v) is 1.61. The van der Waals surface area contributed by atoms with Gasteiger partial charge in [-0.3, -0.25) is 14.9 Å². The summed E-state index contributed by atoms with van der Waals surface area (Å²) in [6.45, 7) is -0.0675. The van der Waals surface area contributed by atoms with Crippen molar-refractivity contribution in [3.8, 4) is 0 Å². The lowest BCUT2D eigenvalue weighted by atomic mass is 10.1. The van der Waals surface area contributed by atoms with Crippen LogP contribution in [0.1, 0.15) is 10.4 Å². The van der Waals surface area contributed by atoms with E-state index in [0.717, 1.165) is 0 Å². The highest BCUT2D eigenvalue weighted by molar-refractivity contribution is 5.92. The van der Waals surface area contributed by atoms with E-state index >= 15 is 0 Å². The Labute approximate surface area is 115 Å². The molecule has 1 aromatic rings. The maximum atomic E-state index is 11.5. The van der Waals surface area contributed by atoms with Crippen molar-refractivity contribution in [2.45, 2.75) is 0 Å². The van der Waals surface area contributed by atoms with Crippen molar-refractivity contribution >= 4 is 23.3 Å². The van der Waals surface area contributed by atoms with E-state index in [1.54, 1.807) is 0 Å². The van der Waals surface area contributed by atoms with Crippen LogP contribution < -0.4 is 10.2 Å². The molecule has 0 fully saturated rings. The van der Waals surface area contributed by atoms with Crippen molar-refractivity contribution in [3.05, 3.63) is 33.9 Å². The molecule has 1 aromatic carbocycles. The van der Waals surface area contributed by atoms with Crippen molar-refractivity contribution in [3.63, 3.8) is 0 Å². The van der Waals surface area contributed by atoms with Crippen molar-refractivity contribution in [2.75, 3.05) is 32.6 Å². The number of nitro benzene ring substituents is 1. The molecule has 8 nitrogen and oxygen atoms in total. The third kappa shape index (κ3) is 3.44. The van der Waals surface area contributed by atoms with Crippen LogP contribution in [-0.2, 0) is 9.53 Å². The van der Waals surface area contributed by atoms with Gasteiger partial charge in [0.1, 0.15) is 5.69 Å². The number of likely N-dealkylation sites (N-methyl/N-ethyl adjacent to an activating group) is 2. The molecule has 1 rings (SSSR count). The van der Waals surface area contributed by atoms with Crippen molar-refractivity contribution in [1.82, 2.24) is 5.32 Å². The van der Waals surface area contributed by atoms with E-state index in [-0.39, 0.29) is 29.4 Å². The molecule has 0 aliphatic rings. The normalized spacial score (nSPS) is 9.75. The second-order valence-corrected chi connectivity index (χ2v) is 3.98. The van der Waals surface area contributed by atoms with Gasteiger partial charge in [0.2, 0.25) is 5.91 Å². The van der Waals surface area contributed by atoms with E-state index in [1.165, 1.54) is 44.3 Å². The number of nitrogens with zero attached hydrogens (tertiary/aromatic N) is 2. The number of ether oxygens (including phenoxy) is 1. The molecule has 0 saturated carbocycles. The molecule has 8 heteroatoms. The summed E-state index contributed by atoms with van der Waals surface area (Å²) >= 11 is 0. The van der Waals surface area contributed by atoms with Gasteiger partial charge in [0, 0.05) is 20.2 Å². The van der Waals surface area contributed by atoms with Gasteiger partial charge < -0.3 is 15.0 Å². The predicted molar refractivity (Wildman–Crippen MR) is 71.8 cm³/mol. The average Bonchev–Trinajstić information content (AvgIpc) is 2.45. The molecule has 0 aliphatic carbocycles. The third-order valence-electron chi connectivity index (χ3n) is 2.66. The number of carbonyl (C=O) groups excluding carboxylic acids is 2. The predicted octanol–water partition coefficient (Wildman–Crippen LogP) is 0.564. The summed E-state index contributed by atoms with van der Waals surface area (Å²) in [6.07, 6.45) is 0. The number of hydrogen-bond donors (Lipinski definition) is 1. The van der Waals surface area contributed by atoms with Crippen LogP contribution in [0.5, 0.6) is 0 Å². The standard InChI is InChI=1S/C12H15N3O5/c1-13-11(16)7-14(2)10-6-8(12(17)20-3)4-5-9(10)15(18)19/h4-6H,7H2,1-3H3,(H,13,16). The monoisotopic (exact) mass is 281 g/mol. The SMILES string of the molecule is CNC(=O)CN(C)c1cc(C(=O)OC)ccc1[N+](=O)[O-]. The molecule has 0 aliphatic heterocycles. The van der Waals surface area contributed by atoms with Crippen molar-refractivity contribution in [2.24, 2.45) is 0 Å². The molecular weight excluding hydrogens is 266 g/mol. The Bertz CT molecular complexity index is 544. The molecule has 1 amide bonds. The van der Waals surface area contributed by atoms with Gasteiger partial charge in [-0.2, -0.15) is 0 Å². The minimum atomic E-state index is -0.602. The fourth-order valence-electron chi connectivity index (χ4n) is 1.61. The van der Waals surface area contributed by atoms with E-state index in [0.29, 0.717) is 0 Å². The number of benzene rings is 1. The van der Waals surface area contributed by atoms with Crippen molar-refractivity contribution in [1.29, 1.82) is 0 Å². The summed E-state index contributed by atoms with van der Waals surface area (Å²) in [7, 11) is 4.21. The van der Waals surface area contributed by atoms with Crippen LogP contribution in [0.2, 0.25) is 0 Å². The van der Waals surface area contributed by atoms with Crippen LogP contribution in [0, 0.1) is 10.1 Å². The van der Waals surface area contributed by atoms with E-state index in [9.17, 15) is 19.7 Å². The maximum Gasteiger partial charge on any atom is 0.337 e. The molecule has 0 unspecified atom stereocenters. The number of rotatable bonds is 5. The minimum absolute atomic E-state index is 0.0675. The number of hydrogen-bond acceptors (Lipinski definition) is 6. The first-order chi connectivity index (χ1) is 9.40. The van der Waals surface area contributed by atoms with E-state index in [1.807, 2.05) is 0 Å². The molecule has 0 heterocycles. The highest BCUT2D eigenvalue weighted by Crippen LogP contribution is 2.28. The molecule has 0 atom stereocenters. The van der Waals surface area contributed by atoms with Gasteiger partial charge >= 0.3 is 5.97 Å². The van der Waals surface area contributed by atoms with Gasteiger partial charge in [-0.15, -0.1) is 0 Å². The van der Waals surface area contributed by atoms with E-state index in [4.69, 9.17) is 0 Å². The molecule has 0 saturated heterocycles. The van der Waals surface area contributed by atoms with E-state index < -0.39 is 10.9 Å². The highest BCUT2D eigenvalue weighted by atomic mass is 16.6. The number of nitro groups is 1. The lowest BCUT2D eigenvalue weighted by Crippen LogP contribution is -2.33. The Kier molecular flexibility index (Phi) is 5.01. The summed E-state index contributed by atoms with van der Waals surface area (Å²) < 4.78 is 4.57. The van der Waals surface area contributed by atoms with Crippen LogP contribution in [0.15, 0.2) is 18.2 Å². The summed E-state index contributed by atoms with van der Waals surface area (Å²) in [5, 5.41) is 13.4. The summed E-state index contributed by atoms with van der Waals surface area (Å²) in [6, 6.07) is 3.84. The fraction of sp³-hybridized carbons (Fsp3) is 0.333. The maximum absolute atomic E-state index is 11.5. The number of nitrogens with one attached hydrogen (secondary N) is 1. The van der Waals surface area contributed by atoms with Crippen LogP contribution in [-0.4, -0.2) is 44.5 Å². The minimum Gasteiger partial charge on any atom is -0.465 e. The number of methoxy groups -OCH3 is 1. The van der Waals surface area contributed by atoms with Gasteiger partial charge in [-0.05, 0) is 12.1 Å². The first-order valence-electron chi connectivity index (χ1n) is 5.69. The van der Waals surface area contributed by atoms with Gasteiger partial charge in [0.15, 0.2) is 0 Å². The van der Waals surface area contributed by atoms with Gasteiger partial charge in [0.25, 0.3) is 5.69 Å². The van der Waals surface area contributed by atoms with Crippen LogP contribution in [0.4, 0.5) is 11.4 Å². The second kappa shape index (κ2) is 6.50. The molecule has 0 radical (unpaired) electrons. The smallest absolute Gasteiger partial charge is 0.337 e. The Hall–Kier alpha value is -2.64.